The van der Waals surface area contributed by atoms with Gasteiger partial charge in [0.05, 0.1) is 39.2 Å². The molecule has 1 fully saturated rings. The topological polar surface area (TPSA) is 149 Å². The minimum Gasteiger partial charge on any atom is -0.444 e. The van der Waals surface area contributed by atoms with Gasteiger partial charge in [0.1, 0.15) is 11.4 Å². The van der Waals surface area contributed by atoms with Crippen LogP contribution in [0.4, 0.5) is 18.0 Å². The SMILES string of the molecule is CCS(=O)(=O)c1ccc(Cl)cc1Cn1c(=O)[nH]c2c(Cl)c(C[C@H](NC(=O)OC(C)(C)C)C3CCCN3)c(OC(F)(F)F)cc2c1=O. The number of benzene rings is 2. The van der Waals surface area contributed by atoms with Gasteiger partial charge in [-0.15, -0.1) is 13.2 Å². The van der Waals surface area contributed by atoms with Gasteiger partial charge in [-0.25, -0.2) is 18.0 Å². The summed E-state index contributed by atoms with van der Waals surface area (Å²) in [6, 6.07) is 3.50. The van der Waals surface area contributed by atoms with Crippen molar-refractivity contribution < 1.29 is 35.9 Å². The third kappa shape index (κ3) is 8.35. The molecule has 1 saturated heterocycles. The zero-order chi connectivity index (χ0) is 34.2. The van der Waals surface area contributed by atoms with E-state index in [2.05, 4.69) is 20.4 Å². The number of aromatic nitrogens is 2. The molecule has 3 N–H and O–H groups in total. The van der Waals surface area contributed by atoms with Gasteiger partial charge in [-0.1, -0.05) is 30.1 Å². The number of carbonyl (C=O) groups is 1. The quantitative estimate of drug-likeness (QED) is 0.284. The zero-order valence-corrected chi connectivity index (χ0v) is 27.6. The van der Waals surface area contributed by atoms with Gasteiger partial charge in [0.25, 0.3) is 5.56 Å². The molecule has 0 aliphatic carbocycles. The minimum atomic E-state index is -5.20. The van der Waals surface area contributed by atoms with Crippen LogP contribution < -0.4 is 26.6 Å². The lowest BCUT2D eigenvalue weighted by Crippen LogP contribution is -2.50. The number of amides is 1. The van der Waals surface area contributed by atoms with E-state index in [-0.39, 0.29) is 44.8 Å². The van der Waals surface area contributed by atoms with Crippen LogP contribution in [0.3, 0.4) is 0 Å². The van der Waals surface area contributed by atoms with E-state index >= 15 is 0 Å². The third-order valence-electron chi connectivity index (χ3n) is 7.28. The van der Waals surface area contributed by atoms with E-state index in [1.165, 1.54) is 25.1 Å². The van der Waals surface area contributed by atoms with Gasteiger partial charge < -0.3 is 25.1 Å². The first-order chi connectivity index (χ1) is 21.3. The van der Waals surface area contributed by atoms with Crippen LogP contribution in [0.2, 0.25) is 10.0 Å². The van der Waals surface area contributed by atoms with Gasteiger partial charge in [-0.2, -0.15) is 0 Å². The molecule has 1 aliphatic rings. The molecule has 17 heteroatoms. The predicted molar refractivity (Wildman–Crippen MR) is 167 cm³/mol. The first-order valence-electron chi connectivity index (χ1n) is 14.3. The molecule has 1 aliphatic heterocycles. The van der Waals surface area contributed by atoms with Crippen LogP contribution in [0, 0.1) is 0 Å². The molecule has 2 aromatic carbocycles. The fraction of sp³-hybridized carbons (Fsp3) is 0.483. The van der Waals surface area contributed by atoms with Crippen molar-refractivity contribution in [3.63, 3.8) is 0 Å². The monoisotopic (exact) mass is 708 g/mol. The summed E-state index contributed by atoms with van der Waals surface area (Å²) >= 11 is 12.7. The lowest BCUT2D eigenvalue weighted by Gasteiger charge is -2.28. The second-order valence-corrected chi connectivity index (χ2v) is 14.8. The number of alkyl carbamates (subject to hydrolysis) is 1. The number of halogens is 5. The van der Waals surface area contributed by atoms with Crippen LogP contribution in [0.15, 0.2) is 38.8 Å². The summed E-state index contributed by atoms with van der Waals surface area (Å²) in [5.74, 6) is -1.09. The summed E-state index contributed by atoms with van der Waals surface area (Å²) in [5.41, 5.74) is -3.37. The number of ether oxygens (including phenoxy) is 2. The fourth-order valence-corrected chi connectivity index (χ4v) is 6.87. The molecule has 4 rings (SSSR count). The number of nitrogens with one attached hydrogen (secondary N) is 3. The van der Waals surface area contributed by atoms with Gasteiger partial charge in [0, 0.05) is 16.6 Å². The van der Waals surface area contributed by atoms with E-state index in [0.717, 1.165) is 12.5 Å². The van der Waals surface area contributed by atoms with Crippen LogP contribution in [-0.2, 0) is 27.5 Å². The van der Waals surface area contributed by atoms with Crippen LogP contribution in [0.5, 0.6) is 5.75 Å². The molecule has 0 radical (unpaired) electrons. The average Bonchev–Trinajstić information content (AvgIpc) is 3.46. The van der Waals surface area contributed by atoms with Gasteiger partial charge in [0.15, 0.2) is 9.84 Å². The fourth-order valence-electron chi connectivity index (χ4n) is 5.25. The predicted octanol–water partition coefficient (Wildman–Crippen LogP) is 4.92. The number of alkyl halides is 3. The molecule has 1 amide bonds. The summed E-state index contributed by atoms with van der Waals surface area (Å²) in [5, 5.41) is 5.21. The molecule has 46 heavy (non-hydrogen) atoms. The molecule has 11 nitrogen and oxygen atoms in total. The molecule has 0 saturated carbocycles. The molecule has 1 aromatic heterocycles. The Balaban J connectivity index is 1.86. The molecule has 1 unspecified atom stereocenters. The van der Waals surface area contributed by atoms with Crippen LogP contribution in [-0.4, -0.2) is 60.4 Å². The largest absolute Gasteiger partial charge is 0.573 e. The molecule has 2 heterocycles. The third-order valence-corrected chi connectivity index (χ3v) is 9.76. The summed E-state index contributed by atoms with van der Waals surface area (Å²) in [4.78, 5) is 41.8. The Bertz CT molecular complexity index is 1870. The highest BCUT2D eigenvalue weighted by atomic mass is 35.5. The lowest BCUT2D eigenvalue weighted by molar-refractivity contribution is -0.274. The second-order valence-electron chi connectivity index (χ2n) is 11.8. The number of sulfone groups is 1. The molecule has 3 aromatic rings. The number of fused-ring (bicyclic) bond motifs is 1. The van der Waals surface area contributed by atoms with E-state index in [1.54, 1.807) is 20.8 Å². The van der Waals surface area contributed by atoms with Crippen molar-refractivity contribution in [3.8, 4) is 5.75 Å². The maximum absolute atomic E-state index is 13.7. The van der Waals surface area contributed by atoms with Crippen LogP contribution in [0.25, 0.3) is 10.9 Å². The number of hydrogen-bond donors (Lipinski definition) is 3. The van der Waals surface area contributed by atoms with Crippen molar-refractivity contribution in [1.29, 1.82) is 0 Å². The van der Waals surface area contributed by atoms with Gasteiger partial charge in [-0.05, 0) is 76.4 Å². The Morgan fingerprint density at radius 2 is 1.87 bits per heavy atom. The Kier molecular flexibility index (Phi) is 10.4. The molecule has 2 atom stereocenters. The number of nitrogens with zero attached hydrogens (tertiary/aromatic N) is 1. The van der Waals surface area contributed by atoms with Crippen LogP contribution in [0.1, 0.15) is 51.7 Å². The Labute approximate surface area is 272 Å². The normalized spacial score (nSPS) is 16.4. The highest BCUT2D eigenvalue weighted by molar-refractivity contribution is 7.91. The maximum atomic E-state index is 13.7. The number of rotatable bonds is 9. The van der Waals surface area contributed by atoms with Crippen molar-refractivity contribution in [2.45, 2.75) is 82.4 Å². The van der Waals surface area contributed by atoms with Gasteiger partial charge in [-0.3, -0.25) is 9.36 Å². The smallest absolute Gasteiger partial charge is 0.444 e. The van der Waals surface area contributed by atoms with E-state index in [1.807, 2.05) is 0 Å². The first-order valence-corrected chi connectivity index (χ1v) is 16.7. The highest BCUT2D eigenvalue weighted by Gasteiger charge is 2.36. The maximum Gasteiger partial charge on any atom is 0.573 e. The van der Waals surface area contributed by atoms with Crippen LogP contribution >= 0.6 is 23.2 Å². The summed E-state index contributed by atoms with van der Waals surface area (Å²) < 4.78 is 76.7. The van der Waals surface area contributed by atoms with E-state index < -0.39 is 67.9 Å². The standard InChI is InChI=1S/C29H33Cl2F3N4O7S/c1-5-46(42,43)22-9-8-16(30)11-15(22)14-38-25(39)18-13-21(44-29(32,33)34)17(23(31)24(18)37-26(38)40)12-20(19-7-6-10-35-19)36-27(41)45-28(2,3)4/h8-9,11,13,19-20,35H,5-7,10,12,14H2,1-4H3,(H,36,41)(H,37,40)/t19?,20-/m0/s1. The van der Waals surface area contributed by atoms with E-state index in [9.17, 15) is 36.0 Å². The van der Waals surface area contributed by atoms with Crippen molar-refractivity contribution in [3.05, 3.63) is 66.3 Å². The van der Waals surface area contributed by atoms with Crippen molar-refractivity contribution >= 4 is 50.0 Å². The van der Waals surface area contributed by atoms with E-state index in [0.29, 0.717) is 17.5 Å². The Morgan fingerprint density at radius 1 is 1.17 bits per heavy atom. The number of H-pyrrole nitrogens is 1. The highest BCUT2D eigenvalue weighted by Crippen LogP contribution is 2.37. The Hall–Kier alpha value is -3.27. The zero-order valence-electron chi connectivity index (χ0n) is 25.3. The van der Waals surface area contributed by atoms with Gasteiger partial charge >= 0.3 is 18.1 Å². The summed E-state index contributed by atoms with van der Waals surface area (Å²) in [6.45, 7) is 6.43. The summed E-state index contributed by atoms with van der Waals surface area (Å²) in [7, 11) is -3.81. The first kappa shape index (κ1) is 35.6. The lowest BCUT2D eigenvalue weighted by atomic mass is 9.96. The second kappa shape index (κ2) is 13.5. The molecular weight excluding hydrogens is 676 g/mol. The summed E-state index contributed by atoms with van der Waals surface area (Å²) in [6.07, 6.45) is -4.96. The number of hydrogen-bond acceptors (Lipinski definition) is 8. The molecule has 252 valence electrons. The molecule has 0 spiro atoms. The van der Waals surface area contributed by atoms with Crippen molar-refractivity contribution in [2.24, 2.45) is 0 Å². The average molecular weight is 710 g/mol. The van der Waals surface area contributed by atoms with Crippen molar-refractivity contribution in [2.75, 3.05) is 12.3 Å². The molecular formula is C29H33Cl2F3N4O7S. The van der Waals surface area contributed by atoms with Gasteiger partial charge in [0.2, 0.25) is 0 Å². The Morgan fingerprint density at radius 3 is 2.46 bits per heavy atom. The molecule has 0 bridgehead atoms. The number of aromatic amines is 1. The van der Waals surface area contributed by atoms with E-state index in [4.69, 9.17) is 27.9 Å². The van der Waals surface area contributed by atoms with Crippen molar-refractivity contribution in [1.82, 2.24) is 20.2 Å². The number of carbonyl (C=O) groups excluding carboxylic acids is 1. The minimum absolute atomic E-state index is 0.0240.